The van der Waals surface area contributed by atoms with Crippen LogP contribution in [0.4, 0.5) is 0 Å². The van der Waals surface area contributed by atoms with E-state index in [0.29, 0.717) is 18.5 Å². The minimum Gasteiger partial charge on any atom is -0.467 e. The van der Waals surface area contributed by atoms with Crippen LogP contribution in [0.25, 0.3) is 0 Å². The van der Waals surface area contributed by atoms with Gasteiger partial charge >= 0.3 is 5.97 Å². The van der Waals surface area contributed by atoms with Gasteiger partial charge in [0.15, 0.2) is 0 Å². The minimum absolute atomic E-state index is 0.0749. The van der Waals surface area contributed by atoms with Crippen LogP contribution in [0, 0.1) is 13.8 Å². The fourth-order valence-corrected chi connectivity index (χ4v) is 2.53. The standard InChI is InChI=1S/C15H19NO3/c1-10-6-4-7-12(11(10)2)14(17)16-9-5-8-13(16)15(18)19-3/h4,6-7,13H,5,8-9H2,1-3H3. The maximum atomic E-state index is 12.6. The van der Waals surface area contributed by atoms with Gasteiger partial charge in [-0.25, -0.2) is 4.79 Å². The zero-order chi connectivity index (χ0) is 14.0. The second-order valence-corrected chi connectivity index (χ2v) is 4.93. The number of likely N-dealkylation sites (tertiary alicyclic amines) is 1. The molecule has 0 aromatic heterocycles. The molecule has 4 nitrogen and oxygen atoms in total. The van der Waals surface area contributed by atoms with Gasteiger partial charge in [0.25, 0.3) is 5.91 Å². The number of esters is 1. The molecule has 0 N–H and O–H groups in total. The van der Waals surface area contributed by atoms with Crippen molar-refractivity contribution in [2.45, 2.75) is 32.7 Å². The van der Waals surface area contributed by atoms with Crippen molar-refractivity contribution in [3.05, 3.63) is 34.9 Å². The zero-order valence-corrected chi connectivity index (χ0v) is 11.6. The van der Waals surface area contributed by atoms with E-state index in [2.05, 4.69) is 0 Å². The molecule has 1 aliphatic rings. The molecule has 1 aromatic rings. The Labute approximate surface area is 113 Å². The van der Waals surface area contributed by atoms with E-state index in [1.165, 1.54) is 7.11 Å². The molecular weight excluding hydrogens is 242 g/mol. The van der Waals surface area contributed by atoms with Crippen LogP contribution >= 0.6 is 0 Å². The number of nitrogens with zero attached hydrogens (tertiary/aromatic N) is 1. The van der Waals surface area contributed by atoms with Gasteiger partial charge in [-0.15, -0.1) is 0 Å². The molecular formula is C15H19NO3. The summed E-state index contributed by atoms with van der Waals surface area (Å²) >= 11 is 0. The summed E-state index contributed by atoms with van der Waals surface area (Å²) < 4.78 is 4.77. The van der Waals surface area contributed by atoms with E-state index in [4.69, 9.17) is 4.74 Å². The Morgan fingerprint density at radius 2 is 2.05 bits per heavy atom. The molecule has 0 aliphatic carbocycles. The number of amides is 1. The maximum absolute atomic E-state index is 12.6. The smallest absolute Gasteiger partial charge is 0.328 e. The predicted molar refractivity (Wildman–Crippen MR) is 72.0 cm³/mol. The molecule has 19 heavy (non-hydrogen) atoms. The van der Waals surface area contributed by atoms with Gasteiger partial charge in [0.05, 0.1) is 7.11 Å². The number of carbonyl (C=O) groups excluding carboxylic acids is 2. The van der Waals surface area contributed by atoms with E-state index in [-0.39, 0.29) is 11.9 Å². The van der Waals surface area contributed by atoms with Crippen LogP contribution in [-0.2, 0) is 9.53 Å². The van der Waals surface area contributed by atoms with Gasteiger partial charge in [-0.05, 0) is 43.9 Å². The van der Waals surface area contributed by atoms with Crippen molar-refractivity contribution in [1.82, 2.24) is 4.90 Å². The Hall–Kier alpha value is -1.84. The van der Waals surface area contributed by atoms with Crippen molar-refractivity contribution >= 4 is 11.9 Å². The minimum atomic E-state index is -0.433. The lowest BCUT2D eigenvalue weighted by Gasteiger charge is -2.23. The van der Waals surface area contributed by atoms with Gasteiger partial charge in [-0.3, -0.25) is 4.79 Å². The largest absolute Gasteiger partial charge is 0.467 e. The summed E-state index contributed by atoms with van der Waals surface area (Å²) in [6.07, 6.45) is 1.53. The van der Waals surface area contributed by atoms with Gasteiger partial charge in [-0.2, -0.15) is 0 Å². The van der Waals surface area contributed by atoms with Crippen LogP contribution in [0.2, 0.25) is 0 Å². The highest BCUT2D eigenvalue weighted by molar-refractivity contribution is 5.98. The molecule has 0 saturated carbocycles. The molecule has 102 valence electrons. The lowest BCUT2D eigenvalue weighted by atomic mass is 10.0. The topological polar surface area (TPSA) is 46.6 Å². The summed E-state index contributed by atoms with van der Waals surface area (Å²) in [5.74, 6) is -0.398. The molecule has 1 saturated heterocycles. The number of benzene rings is 1. The lowest BCUT2D eigenvalue weighted by molar-refractivity contribution is -0.145. The summed E-state index contributed by atoms with van der Waals surface area (Å²) in [5.41, 5.74) is 2.73. The molecule has 0 bridgehead atoms. The molecule has 1 heterocycles. The zero-order valence-electron chi connectivity index (χ0n) is 11.6. The van der Waals surface area contributed by atoms with E-state index in [1.54, 1.807) is 4.90 Å². The van der Waals surface area contributed by atoms with Crippen molar-refractivity contribution in [2.75, 3.05) is 13.7 Å². The third-order valence-corrected chi connectivity index (χ3v) is 3.82. The molecule has 1 unspecified atom stereocenters. The third kappa shape index (κ3) is 2.48. The Morgan fingerprint density at radius 1 is 1.32 bits per heavy atom. The first-order valence-electron chi connectivity index (χ1n) is 6.51. The number of aryl methyl sites for hydroxylation is 1. The normalized spacial score (nSPS) is 18.5. The molecule has 1 aromatic carbocycles. The molecule has 1 fully saturated rings. The number of rotatable bonds is 2. The van der Waals surface area contributed by atoms with Crippen LogP contribution in [0.1, 0.15) is 34.3 Å². The average Bonchev–Trinajstić information content (AvgIpc) is 2.89. The van der Waals surface area contributed by atoms with Crippen LogP contribution in [-0.4, -0.2) is 36.5 Å². The van der Waals surface area contributed by atoms with E-state index in [1.807, 2.05) is 32.0 Å². The molecule has 0 radical (unpaired) electrons. The second kappa shape index (κ2) is 5.43. The first-order valence-corrected chi connectivity index (χ1v) is 6.51. The molecule has 4 heteroatoms. The Morgan fingerprint density at radius 3 is 2.74 bits per heavy atom. The number of carbonyl (C=O) groups is 2. The number of methoxy groups -OCH3 is 1. The lowest BCUT2D eigenvalue weighted by Crippen LogP contribution is -2.41. The molecule has 1 amide bonds. The van der Waals surface area contributed by atoms with Gasteiger partial charge in [0.1, 0.15) is 6.04 Å². The highest BCUT2D eigenvalue weighted by Crippen LogP contribution is 2.23. The van der Waals surface area contributed by atoms with E-state index < -0.39 is 6.04 Å². The maximum Gasteiger partial charge on any atom is 0.328 e. The summed E-state index contributed by atoms with van der Waals surface area (Å²) in [7, 11) is 1.36. The Bertz CT molecular complexity index is 510. The molecule has 0 spiro atoms. The van der Waals surface area contributed by atoms with Crippen molar-refractivity contribution < 1.29 is 14.3 Å². The average molecular weight is 261 g/mol. The monoisotopic (exact) mass is 261 g/mol. The third-order valence-electron chi connectivity index (χ3n) is 3.82. The summed E-state index contributed by atoms with van der Waals surface area (Å²) in [6.45, 7) is 4.53. The van der Waals surface area contributed by atoms with Gasteiger partial charge < -0.3 is 9.64 Å². The quantitative estimate of drug-likeness (QED) is 0.766. The SMILES string of the molecule is COC(=O)C1CCCN1C(=O)c1cccc(C)c1C. The van der Waals surface area contributed by atoms with Crippen molar-refractivity contribution in [3.8, 4) is 0 Å². The molecule has 1 aliphatic heterocycles. The van der Waals surface area contributed by atoms with Gasteiger partial charge in [-0.1, -0.05) is 12.1 Å². The molecule has 1 atom stereocenters. The van der Waals surface area contributed by atoms with Crippen LogP contribution < -0.4 is 0 Å². The second-order valence-electron chi connectivity index (χ2n) is 4.93. The number of hydrogen-bond acceptors (Lipinski definition) is 3. The fraction of sp³-hybridized carbons (Fsp3) is 0.467. The van der Waals surface area contributed by atoms with Crippen molar-refractivity contribution in [2.24, 2.45) is 0 Å². The van der Waals surface area contributed by atoms with Crippen LogP contribution in [0.3, 0.4) is 0 Å². The first-order chi connectivity index (χ1) is 9.06. The van der Waals surface area contributed by atoms with Crippen LogP contribution in [0.15, 0.2) is 18.2 Å². The number of ether oxygens (including phenoxy) is 1. The summed E-state index contributed by atoms with van der Waals surface area (Å²) in [4.78, 5) is 25.9. The Kier molecular flexibility index (Phi) is 3.88. The highest BCUT2D eigenvalue weighted by atomic mass is 16.5. The van der Waals surface area contributed by atoms with Crippen molar-refractivity contribution in [1.29, 1.82) is 0 Å². The molecule has 2 rings (SSSR count). The van der Waals surface area contributed by atoms with Crippen LogP contribution in [0.5, 0.6) is 0 Å². The van der Waals surface area contributed by atoms with E-state index in [0.717, 1.165) is 17.5 Å². The summed E-state index contributed by atoms with van der Waals surface area (Å²) in [6, 6.07) is 5.24. The number of hydrogen-bond donors (Lipinski definition) is 0. The first kappa shape index (κ1) is 13.6. The highest BCUT2D eigenvalue weighted by Gasteiger charge is 2.35. The Balaban J connectivity index is 2.28. The fourth-order valence-electron chi connectivity index (χ4n) is 2.53. The van der Waals surface area contributed by atoms with Gasteiger partial charge in [0, 0.05) is 12.1 Å². The van der Waals surface area contributed by atoms with E-state index >= 15 is 0 Å². The van der Waals surface area contributed by atoms with Crippen molar-refractivity contribution in [3.63, 3.8) is 0 Å². The summed E-state index contributed by atoms with van der Waals surface area (Å²) in [5, 5.41) is 0. The van der Waals surface area contributed by atoms with Gasteiger partial charge in [0.2, 0.25) is 0 Å². The van der Waals surface area contributed by atoms with E-state index in [9.17, 15) is 9.59 Å². The predicted octanol–water partition coefficient (Wildman–Crippen LogP) is 2.08.